The van der Waals surface area contributed by atoms with Crippen LogP contribution < -0.4 is 11.1 Å². The number of nitrogens with one attached hydrogen (secondary N) is 1. The van der Waals surface area contributed by atoms with E-state index in [1.54, 1.807) is 6.07 Å². The molecule has 0 amide bonds. The maximum Gasteiger partial charge on any atom is 0.125 e. The number of anilines is 1. The molecule has 0 aliphatic carbocycles. The normalized spacial score (nSPS) is 21.5. The third-order valence-electron chi connectivity index (χ3n) is 2.65. The molecule has 0 fully saturated rings. The molecule has 0 aromatic heterocycles. The predicted molar refractivity (Wildman–Crippen MR) is 55.9 cm³/mol. The maximum absolute atomic E-state index is 12.9. The third kappa shape index (κ3) is 1.73. The molecule has 1 aromatic rings. The van der Waals surface area contributed by atoms with E-state index in [-0.39, 0.29) is 11.9 Å². The Morgan fingerprint density at radius 1 is 1.64 bits per heavy atom. The van der Waals surface area contributed by atoms with E-state index in [9.17, 15) is 4.39 Å². The number of nitrogens with two attached hydrogens (primary N) is 1. The number of fused-ring (bicyclic) bond motifs is 1. The van der Waals surface area contributed by atoms with Gasteiger partial charge in [0.25, 0.3) is 0 Å². The van der Waals surface area contributed by atoms with Gasteiger partial charge in [-0.3, -0.25) is 0 Å². The zero-order valence-corrected chi connectivity index (χ0v) is 8.26. The van der Waals surface area contributed by atoms with Gasteiger partial charge in [-0.2, -0.15) is 0 Å². The highest BCUT2D eigenvalue weighted by atomic mass is 19.1. The summed E-state index contributed by atoms with van der Waals surface area (Å²) in [4.78, 5) is 0. The van der Waals surface area contributed by atoms with E-state index in [4.69, 9.17) is 5.73 Å². The molecular formula is C11H15FN2. The molecule has 3 N–H and O–H groups in total. The van der Waals surface area contributed by atoms with Crippen molar-refractivity contribution in [2.75, 3.05) is 11.9 Å². The summed E-state index contributed by atoms with van der Waals surface area (Å²) in [6.45, 7) is 2.88. The van der Waals surface area contributed by atoms with Crippen LogP contribution >= 0.6 is 0 Å². The van der Waals surface area contributed by atoms with E-state index in [0.29, 0.717) is 5.92 Å². The second-order valence-electron chi connectivity index (χ2n) is 4.02. The zero-order valence-electron chi connectivity index (χ0n) is 8.26. The molecule has 1 aromatic carbocycles. The number of hydrogen-bond acceptors (Lipinski definition) is 2. The van der Waals surface area contributed by atoms with Gasteiger partial charge < -0.3 is 11.1 Å². The third-order valence-corrected chi connectivity index (χ3v) is 2.65. The Morgan fingerprint density at radius 2 is 2.43 bits per heavy atom. The van der Waals surface area contributed by atoms with E-state index in [0.717, 1.165) is 18.7 Å². The molecule has 2 rings (SSSR count). The van der Waals surface area contributed by atoms with E-state index in [1.807, 2.05) is 13.0 Å². The molecule has 0 bridgehead atoms. The quantitative estimate of drug-likeness (QED) is 0.756. The van der Waals surface area contributed by atoms with E-state index < -0.39 is 0 Å². The van der Waals surface area contributed by atoms with Crippen molar-refractivity contribution in [3.05, 3.63) is 29.6 Å². The van der Waals surface area contributed by atoms with Crippen LogP contribution in [0.15, 0.2) is 18.2 Å². The first kappa shape index (κ1) is 9.46. The van der Waals surface area contributed by atoms with Gasteiger partial charge in [0, 0.05) is 24.2 Å². The zero-order chi connectivity index (χ0) is 10.1. The lowest BCUT2D eigenvalue weighted by atomic mass is 9.95. The van der Waals surface area contributed by atoms with Crippen molar-refractivity contribution in [3.8, 4) is 0 Å². The first-order chi connectivity index (χ1) is 6.66. The summed E-state index contributed by atoms with van der Waals surface area (Å²) >= 11 is 0. The highest BCUT2D eigenvalue weighted by Gasteiger charge is 2.22. The SMILES string of the molecule is CC(N)CC1CNc2cc(F)ccc21. The Bertz CT molecular complexity index is 336. The van der Waals surface area contributed by atoms with Crippen molar-refractivity contribution in [2.45, 2.75) is 25.3 Å². The molecule has 1 aliphatic rings. The molecule has 0 radical (unpaired) electrons. The monoisotopic (exact) mass is 194 g/mol. The Morgan fingerprint density at radius 3 is 3.14 bits per heavy atom. The van der Waals surface area contributed by atoms with Gasteiger partial charge in [0.05, 0.1) is 0 Å². The van der Waals surface area contributed by atoms with Crippen LogP contribution in [0.5, 0.6) is 0 Å². The van der Waals surface area contributed by atoms with Gasteiger partial charge >= 0.3 is 0 Å². The van der Waals surface area contributed by atoms with Crippen molar-refractivity contribution in [1.82, 2.24) is 0 Å². The lowest BCUT2D eigenvalue weighted by Gasteiger charge is -2.12. The van der Waals surface area contributed by atoms with Crippen molar-refractivity contribution >= 4 is 5.69 Å². The van der Waals surface area contributed by atoms with Crippen LogP contribution in [0.4, 0.5) is 10.1 Å². The molecule has 1 aliphatic heterocycles. The van der Waals surface area contributed by atoms with Crippen LogP contribution in [-0.4, -0.2) is 12.6 Å². The molecule has 2 atom stereocenters. The van der Waals surface area contributed by atoms with E-state index >= 15 is 0 Å². The fraction of sp³-hybridized carbons (Fsp3) is 0.455. The minimum Gasteiger partial charge on any atom is -0.384 e. The minimum absolute atomic E-state index is 0.183. The standard InChI is InChI=1S/C11H15FN2/c1-7(13)4-8-6-14-11-5-9(12)2-3-10(8)11/h2-3,5,7-8,14H,4,6,13H2,1H3. The largest absolute Gasteiger partial charge is 0.384 e. The Hall–Kier alpha value is -1.09. The second kappa shape index (κ2) is 3.58. The fourth-order valence-electron chi connectivity index (χ4n) is 2.04. The summed E-state index contributed by atoms with van der Waals surface area (Å²) in [5.41, 5.74) is 7.88. The Labute approximate surface area is 83.3 Å². The number of rotatable bonds is 2. The maximum atomic E-state index is 12.9. The minimum atomic E-state index is -0.183. The van der Waals surface area contributed by atoms with Gasteiger partial charge in [0.1, 0.15) is 5.82 Å². The molecule has 3 heteroatoms. The molecule has 76 valence electrons. The van der Waals surface area contributed by atoms with Gasteiger partial charge in [0.2, 0.25) is 0 Å². The summed E-state index contributed by atoms with van der Waals surface area (Å²) in [6.07, 6.45) is 0.950. The molecule has 0 saturated heterocycles. The number of benzene rings is 1. The molecule has 1 heterocycles. The van der Waals surface area contributed by atoms with Gasteiger partial charge in [0.15, 0.2) is 0 Å². The van der Waals surface area contributed by atoms with Crippen LogP contribution in [-0.2, 0) is 0 Å². The molecule has 2 unspecified atom stereocenters. The van der Waals surface area contributed by atoms with Gasteiger partial charge in [-0.05, 0) is 31.0 Å². The first-order valence-corrected chi connectivity index (χ1v) is 4.95. The summed E-state index contributed by atoms with van der Waals surface area (Å²) in [5, 5.41) is 3.20. The van der Waals surface area contributed by atoms with Crippen LogP contribution in [0.1, 0.15) is 24.8 Å². The molecule has 2 nitrogen and oxygen atoms in total. The molecule has 0 saturated carbocycles. The summed E-state index contributed by atoms with van der Waals surface area (Å²) in [5.74, 6) is 0.253. The molecule has 0 spiro atoms. The Balaban J connectivity index is 2.22. The van der Waals surface area contributed by atoms with Crippen LogP contribution in [0.2, 0.25) is 0 Å². The molecule has 14 heavy (non-hydrogen) atoms. The van der Waals surface area contributed by atoms with Crippen LogP contribution in [0, 0.1) is 5.82 Å². The van der Waals surface area contributed by atoms with Gasteiger partial charge in [-0.1, -0.05) is 6.07 Å². The van der Waals surface area contributed by atoms with E-state index in [2.05, 4.69) is 5.32 Å². The lowest BCUT2D eigenvalue weighted by molar-refractivity contribution is 0.583. The number of halogens is 1. The van der Waals surface area contributed by atoms with Crippen LogP contribution in [0.25, 0.3) is 0 Å². The predicted octanol–water partition coefficient (Wildman–Crippen LogP) is 2.07. The van der Waals surface area contributed by atoms with E-state index in [1.165, 1.54) is 11.6 Å². The number of hydrogen-bond donors (Lipinski definition) is 2. The van der Waals surface area contributed by atoms with Gasteiger partial charge in [-0.25, -0.2) is 4.39 Å². The fourth-order valence-corrected chi connectivity index (χ4v) is 2.04. The van der Waals surface area contributed by atoms with Gasteiger partial charge in [-0.15, -0.1) is 0 Å². The van der Waals surface area contributed by atoms with Crippen molar-refractivity contribution in [1.29, 1.82) is 0 Å². The van der Waals surface area contributed by atoms with Crippen molar-refractivity contribution in [2.24, 2.45) is 5.73 Å². The second-order valence-corrected chi connectivity index (χ2v) is 4.02. The van der Waals surface area contributed by atoms with Crippen molar-refractivity contribution < 1.29 is 4.39 Å². The highest BCUT2D eigenvalue weighted by molar-refractivity contribution is 5.57. The first-order valence-electron chi connectivity index (χ1n) is 4.95. The lowest BCUT2D eigenvalue weighted by Crippen LogP contribution is -2.19. The molecular weight excluding hydrogens is 179 g/mol. The average molecular weight is 194 g/mol. The topological polar surface area (TPSA) is 38.0 Å². The smallest absolute Gasteiger partial charge is 0.125 e. The summed E-state index contributed by atoms with van der Waals surface area (Å²) < 4.78 is 12.9. The Kier molecular flexibility index (Phi) is 2.42. The van der Waals surface area contributed by atoms with Crippen LogP contribution in [0.3, 0.4) is 0 Å². The average Bonchev–Trinajstić information content (AvgIpc) is 2.47. The summed E-state index contributed by atoms with van der Waals surface area (Å²) in [7, 11) is 0. The van der Waals surface area contributed by atoms with Crippen molar-refractivity contribution in [3.63, 3.8) is 0 Å². The summed E-state index contributed by atoms with van der Waals surface area (Å²) in [6, 6.07) is 5.12. The highest BCUT2D eigenvalue weighted by Crippen LogP contribution is 2.34.